The molecule has 0 bridgehead atoms. The summed E-state index contributed by atoms with van der Waals surface area (Å²) in [6.45, 7) is 1.41. The van der Waals surface area contributed by atoms with Gasteiger partial charge in [-0.1, -0.05) is 0 Å². The van der Waals surface area contributed by atoms with E-state index in [4.69, 9.17) is 14.9 Å². The monoisotopic (exact) mass is 413 g/mol. The minimum Gasteiger partial charge on any atom is -0.480 e. The van der Waals surface area contributed by atoms with Crippen LogP contribution in [0, 0.1) is 5.82 Å². The largest absolute Gasteiger partial charge is 0.512 e. The summed E-state index contributed by atoms with van der Waals surface area (Å²) in [4.78, 5) is 30.2. The van der Waals surface area contributed by atoms with E-state index in [1.165, 1.54) is 37.3 Å². The van der Waals surface area contributed by atoms with E-state index in [0.29, 0.717) is 17.1 Å². The molecule has 0 aliphatic carbocycles. The number of hydrogen-bond acceptors (Lipinski definition) is 7. The molecule has 0 amide bonds. The molecule has 0 aliphatic heterocycles. The Morgan fingerprint density at radius 1 is 1.00 bits per heavy atom. The Bertz CT molecular complexity index is 1060. The highest BCUT2D eigenvalue weighted by Gasteiger charge is 2.15. The van der Waals surface area contributed by atoms with Crippen molar-refractivity contribution in [3.8, 4) is 28.8 Å². The van der Waals surface area contributed by atoms with E-state index in [2.05, 4.69) is 20.0 Å². The maximum atomic E-state index is 13.0. The number of nitrogens with one attached hydrogen (secondary N) is 1. The van der Waals surface area contributed by atoms with Crippen molar-refractivity contribution in [2.75, 3.05) is 5.32 Å². The Morgan fingerprint density at radius 2 is 1.60 bits per heavy atom. The molecule has 2 aromatic carbocycles. The van der Waals surface area contributed by atoms with Gasteiger partial charge in [0.05, 0.1) is 0 Å². The van der Waals surface area contributed by atoms with Gasteiger partial charge < -0.3 is 25.0 Å². The SMILES string of the molecule is C[C@H](Nc1cc(OC(=O)O)nc(-c2ccc(Oc3ccc(F)cc3)cc2)n1)C(=O)O. The number of benzene rings is 2. The first-order valence-corrected chi connectivity index (χ1v) is 8.63. The number of anilines is 1. The van der Waals surface area contributed by atoms with Gasteiger partial charge in [-0.3, -0.25) is 4.79 Å². The van der Waals surface area contributed by atoms with Crippen LogP contribution in [0.2, 0.25) is 0 Å². The second-order valence-electron chi connectivity index (χ2n) is 6.07. The molecule has 0 radical (unpaired) electrons. The number of halogens is 1. The molecule has 0 fully saturated rings. The highest BCUT2D eigenvalue weighted by atomic mass is 19.1. The summed E-state index contributed by atoms with van der Waals surface area (Å²) in [5.74, 6) is -0.634. The predicted molar refractivity (Wildman–Crippen MR) is 103 cm³/mol. The fraction of sp³-hybridized carbons (Fsp3) is 0.100. The molecule has 3 rings (SSSR count). The molecule has 9 nitrogen and oxygen atoms in total. The predicted octanol–water partition coefficient (Wildman–Crippen LogP) is 4.02. The van der Waals surface area contributed by atoms with Crippen molar-refractivity contribution in [3.05, 3.63) is 60.4 Å². The number of nitrogens with zero attached hydrogens (tertiary/aromatic N) is 2. The lowest BCUT2D eigenvalue weighted by Crippen LogP contribution is -2.26. The van der Waals surface area contributed by atoms with Gasteiger partial charge in [0.25, 0.3) is 0 Å². The number of ether oxygens (including phenoxy) is 2. The molecule has 30 heavy (non-hydrogen) atoms. The zero-order chi connectivity index (χ0) is 21.7. The van der Waals surface area contributed by atoms with Crippen LogP contribution in [-0.4, -0.2) is 38.3 Å². The molecule has 1 heterocycles. The van der Waals surface area contributed by atoms with Gasteiger partial charge >= 0.3 is 12.1 Å². The molecule has 10 heteroatoms. The molecule has 0 unspecified atom stereocenters. The van der Waals surface area contributed by atoms with Crippen molar-refractivity contribution >= 4 is 17.9 Å². The normalized spacial score (nSPS) is 11.4. The van der Waals surface area contributed by atoms with Crippen LogP contribution >= 0.6 is 0 Å². The number of aromatic nitrogens is 2. The van der Waals surface area contributed by atoms with Crippen LogP contribution in [0.15, 0.2) is 54.6 Å². The van der Waals surface area contributed by atoms with Crippen LogP contribution in [0.5, 0.6) is 17.4 Å². The number of rotatable bonds is 7. The maximum absolute atomic E-state index is 13.0. The summed E-state index contributed by atoms with van der Waals surface area (Å²) < 4.78 is 23.2. The van der Waals surface area contributed by atoms with Gasteiger partial charge in [-0.25, -0.2) is 14.2 Å². The zero-order valence-electron chi connectivity index (χ0n) is 15.6. The van der Waals surface area contributed by atoms with Crippen molar-refractivity contribution in [3.63, 3.8) is 0 Å². The molecule has 0 saturated heterocycles. The van der Waals surface area contributed by atoms with Gasteiger partial charge in [-0.05, 0) is 55.5 Å². The Kier molecular flexibility index (Phi) is 6.06. The number of aliphatic carboxylic acids is 1. The van der Waals surface area contributed by atoms with Crippen molar-refractivity contribution in [2.24, 2.45) is 0 Å². The standard InChI is InChI=1S/C20H16FN3O6/c1-11(19(25)26)22-16-10-17(30-20(27)28)24-18(23-16)12-2-6-14(7-3-12)29-15-8-4-13(21)5-9-15/h2-11H,1H3,(H,25,26)(H,27,28)(H,22,23,24)/t11-/m0/s1. The van der Waals surface area contributed by atoms with Gasteiger partial charge in [0.2, 0.25) is 5.88 Å². The molecule has 0 saturated carbocycles. The first-order chi connectivity index (χ1) is 14.3. The lowest BCUT2D eigenvalue weighted by Gasteiger charge is -2.12. The van der Waals surface area contributed by atoms with Crippen molar-refractivity contribution in [1.29, 1.82) is 0 Å². The third kappa shape index (κ3) is 5.41. The van der Waals surface area contributed by atoms with Gasteiger partial charge in [0.1, 0.15) is 29.2 Å². The second-order valence-corrected chi connectivity index (χ2v) is 6.07. The number of hydrogen-bond donors (Lipinski definition) is 3. The van der Waals surface area contributed by atoms with Crippen LogP contribution in [0.1, 0.15) is 6.92 Å². The van der Waals surface area contributed by atoms with Crippen LogP contribution in [-0.2, 0) is 4.79 Å². The lowest BCUT2D eigenvalue weighted by molar-refractivity contribution is -0.137. The minimum absolute atomic E-state index is 0.0813. The van der Waals surface area contributed by atoms with E-state index < -0.39 is 18.2 Å². The van der Waals surface area contributed by atoms with Crippen molar-refractivity contribution in [1.82, 2.24) is 9.97 Å². The molecular formula is C20H16FN3O6. The highest BCUT2D eigenvalue weighted by Crippen LogP contribution is 2.26. The number of carboxylic acids is 1. The summed E-state index contributed by atoms with van der Waals surface area (Å²) >= 11 is 0. The van der Waals surface area contributed by atoms with E-state index in [1.807, 2.05) is 0 Å². The fourth-order valence-electron chi connectivity index (χ4n) is 2.36. The Hall–Kier alpha value is -4.21. The van der Waals surface area contributed by atoms with Crippen molar-refractivity contribution in [2.45, 2.75) is 13.0 Å². The molecule has 1 atom stereocenters. The lowest BCUT2D eigenvalue weighted by atomic mass is 10.2. The number of carbonyl (C=O) groups is 2. The summed E-state index contributed by atoms with van der Waals surface area (Å²) in [7, 11) is 0. The van der Waals surface area contributed by atoms with Gasteiger partial charge in [-0.15, -0.1) is 0 Å². The third-order valence-electron chi connectivity index (χ3n) is 3.79. The topological polar surface area (TPSA) is 131 Å². The third-order valence-corrected chi connectivity index (χ3v) is 3.79. The summed E-state index contributed by atoms with van der Waals surface area (Å²) in [5.41, 5.74) is 0.503. The Morgan fingerprint density at radius 3 is 2.17 bits per heavy atom. The maximum Gasteiger partial charge on any atom is 0.512 e. The average Bonchev–Trinajstić information content (AvgIpc) is 2.69. The summed E-state index contributed by atoms with van der Waals surface area (Å²) in [6.07, 6.45) is -1.57. The number of carboxylic acid groups (broad SMARTS) is 2. The van der Waals surface area contributed by atoms with Crippen LogP contribution in [0.3, 0.4) is 0 Å². The summed E-state index contributed by atoms with van der Waals surface area (Å²) in [5, 5.41) is 20.5. The molecule has 3 aromatic rings. The molecule has 0 aliphatic rings. The molecule has 154 valence electrons. The smallest absolute Gasteiger partial charge is 0.480 e. The first-order valence-electron chi connectivity index (χ1n) is 8.63. The molecular weight excluding hydrogens is 397 g/mol. The van der Waals surface area contributed by atoms with Gasteiger partial charge in [0.15, 0.2) is 5.82 Å². The highest BCUT2D eigenvalue weighted by molar-refractivity contribution is 5.76. The summed E-state index contributed by atoms with van der Waals surface area (Å²) in [6, 6.07) is 12.2. The van der Waals surface area contributed by atoms with Crippen LogP contribution in [0.4, 0.5) is 15.0 Å². The van der Waals surface area contributed by atoms with Gasteiger partial charge in [0, 0.05) is 11.6 Å². The quantitative estimate of drug-likeness (QED) is 0.492. The van der Waals surface area contributed by atoms with E-state index in [-0.39, 0.29) is 23.3 Å². The molecule has 1 aromatic heterocycles. The molecule has 0 spiro atoms. The van der Waals surface area contributed by atoms with E-state index >= 15 is 0 Å². The minimum atomic E-state index is -1.57. The first kappa shape index (κ1) is 20.5. The zero-order valence-corrected chi connectivity index (χ0v) is 15.6. The van der Waals surface area contributed by atoms with Crippen molar-refractivity contribution < 1.29 is 33.7 Å². The Labute approximate surface area is 169 Å². The van der Waals surface area contributed by atoms with E-state index in [9.17, 15) is 14.0 Å². The van der Waals surface area contributed by atoms with Crippen LogP contribution < -0.4 is 14.8 Å². The van der Waals surface area contributed by atoms with Gasteiger partial charge in [-0.2, -0.15) is 4.98 Å². The average molecular weight is 413 g/mol. The van der Waals surface area contributed by atoms with E-state index in [0.717, 1.165) is 0 Å². The molecule has 3 N–H and O–H groups in total. The Balaban J connectivity index is 1.86. The fourth-order valence-corrected chi connectivity index (χ4v) is 2.36. The second kappa shape index (κ2) is 8.86. The van der Waals surface area contributed by atoms with E-state index in [1.54, 1.807) is 24.3 Å². The van der Waals surface area contributed by atoms with Crippen LogP contribution in [0.25, 0.3) is 11.4 Å².